The van der Waals surface area contributed by atoms with E-state index in [9.17, 15) is 0 Å². The molecule has 0 aliphatic heterocycles. The van der Waals surface area contributed by atoms with Crippen molar-refractivity contribution in [3.05, 3.63) is 23.7 Å². The number of rotatable bonds is 8. The maximum absolute atomic E-state index is 5.63. The van der Waals surface area contributed by atoms with Gasteiger partial charge in [-0.3, -0.25) is 4.99 Å². The van der Waals surface area contributed by atoms with E-state index in [1.165, 1.54) is 12.2 Å². The van der Waals surface area contributed by atoms with Crippen LogP contribution in [-0.2, 0) is 0 Å². The number of aryl methyl sites for hydroxylation is 1. The second kappa shape index (κ2) is 12.2. The van der Waals surface area contributed by atoms with Crippen LogP contribution in [0.1, 0.15) is 44.3 Å². The number of halogens is 1. The van der Waals surface area contributed by atoms with E-state index in [4.69, 9.17) is 4.42 Å². The molecule has 0 radical (unpaired) electrons. The van der Waals surface area contributed by atoms with Gasteiger partial charge in [0.1, 0.15) is 11.5 Å². The van der Waals surface area contributed by atoms with E-state index < -0.39 is 0 Å². The molecule has 1 atom stereocenters. The number of aliphatic imine (C=N–C) groups is 1. The van der Waals surface area contributed by atoms with Crippen molar-refractivity contribution < 1.29 is 4.42 Å². The van der Waals surface area contributed by atoms with Gasteiger partial charge >= 0.3 is 0 Å². The highest BCUT2D eigenvalue weighted by atomic mass is 127. The Morgan fingerprint density at radius 2 is 2.14 bits per heavy atom. The summed E-state index contributed by atoms with van der Waals surface area (Å²) in [7, 11) is 0. The van der Waals surface area contributed by atoms with Crippen molar-refractivity contribution in [2.45, 2.75) is 39.7 Å². The molecule has 0 aliphatic rings. The predicted octanol–water partition coefficient (Wildman–Crippen LogP) is 3.97. The number of guanidine groups is 1. The van der Waals surface area contributed by atoms with Crippen LogP contribution >= 0.6 is 35.7 Å². The molecule has 1 heterocycles. The number of nitrogens with one attached hydrogen (secondary N) is 2. The minimum atomic E-state index is 0. The molecule has 4 nitrogen and oxygen atoms in total. The summed E-state index contributed by atoms with van der Waals surface area (Å²) in [6, 6.07) is 4.11. The van der Waals surface area contributed by atoms with Crippen molar-refractivity contribution in [1.29, 1.82) is 0 Å². The lowest BCUT2D eigenvalue weighted by Crippen LogP contribution is -2.38. The quantitative estimate of drug-likeness (QED) is 0.287. The summed E-state index contributed by atoms with van der Waals surface area (Å²) in [4.78, 5) is 4.60. The van der Waals surface area contributed by atoms with Gasteiger partial charge in [-0.2, -0.15) is 11.8 Å². The van der Waals surface area contributed by atoms with Crippen LogP contribution in [-0.4, -0.2) is 31.1 Å². The van der Waals surface area contributed by atoms with Gasteiger partial charge in [-0.1, -0.05) is 0 Å². The number of hydrogen-bond donors (Lipinski definition) is 2. The molecule has 0 saturated carbocycles. The molecule has 0 spiro atoms. The molecule has 0 aliphatic carbocycles. The van der Waals surface area contributed by atoms with Crippen LogP contribution in [0.5, 0.6) is 0 Å². The zero-order valence-electron chi connectivity index (χ0n) is 13.4. The smallest absolute Gasteiger partial charge is 0.191 e. The fourth-order valence-corrected chi connectivity index (χ4v) is 2.32. The molecule has 1 rings (SSSR count). The van der Waals surface area contributed by atoms with Gasteiger partial charge in [0.25, 0.3) is 0 Å². The SMILES string of the molecule is CCNC(=NCCCCSC)NC(C)c1ccc(C)o1.I. The lowest BCUT2D eigenvalue weighted by Gasteiger charge is -2.16. The van der Waals surface area contributed by atoms with Crippen LogP contribution in [0.4, 0.5) is 0 Å². The summed E-state index contributed by atoms with van der Waals surface area (Å²) in [5.41, 5.74) is 0. The third-order valence-electron chi connectivity index (χ3n) is 2.91. The summed E-state index contributed by atoms with van der Waals surface area (Å²) < 4.78 is 5.63. The van der Waals surface area contributed by atoms with Crippen LogP contribution in [0.2, 0.25) is 0 Å². The number of unbranched alkanes of at least 4 members (excludes halogenated alkanes) is 1. The van der Waals surface area contributed by atoms with E-state index in [2.05, 4.69) is 35.7 Å². The Balaban J connectivity index is 0.00000400. The Labute approximate surface area is 150 Å². The third kappa shape index (κ3) is 8.60. The van der Waals surface area contributed by atoms with E-state index in [0.717, 1.165) is 37.0 Å². The van der Waals surface area contributed by atoms with Crippen LogP contribution in [0.3, 0.4) is 0 Å². The fourth-order valence-electron chi connectivity index (χ4n) is 1.83. The van der Waals surface area contributed by atoms with Crippen molar-refractivity contribution in [2.24, 2.45) is 4.99 Å². The number of nitrogens with zero attached hydrogens (tertiary/aromatic N) is 1. The Bertz CT molecular complexity index is 409. The fraction of sp³-hybridized carbons (Fsp3) is 0.667. The molecule has 1 aromatic heterocycles. The number of hydrogen-bond acceptors (Lipinski definition) is 3. The topological polar surface area (TPSA) is 49.6 Å². The normalized spacial score (nSPS) is 12.7. The second-order valence-corrected chi connectivity index (χ2v) is 5.76. The van der Waals surface area contributed by atoms with Crippen molar-refractivity contribution >= 4 is 41.7 Å². The van der Waals surface area contributed by atoms with E-state index in [-0.39, 0.29) is 30.0 Å². The molecule has 1 unspecified atom stereocenters. The molecule has 0 aromatic carbocycles. The maximum atomic E-state index is 5.63. The highest BCUT2D eigenvalue weighted by Crippen LogP contribution is 2.15. The van der Waals surface area contributed by atoms with E-state index in [1.807, 2.05) is 30.8 Å². The first kappa shape index (κ1) is 20.6. The summed E-state index contributed by atoms with van der Waals surface area (Å²) >= 11 is 1.89. The molecule has 0 bridgehead atoms. The molecule has 1 aromatic rings. The second-order valence-electron chi connectivity index (χ2n) is 4.78. The first-order valence-corrected chi connectivity index (χ1v) is 8.66. The zero-order valence-corrected chi connectivity index (χ0v) is 16.6. The number of furan rings is 1. The van der Waals surface area contributed by atoms with Gasteiger partial charge in [-0.25, -0.2) is 0 Å². The lowest BCUT2D eigenvalue weighted by molar-refractivity contribution is 0.441. The Morgan fingerprint density at radius 1 is 1.38 bits per heavy atom. The van der Waals surface area contributed by atoms with Gasteiger partial charge < -0.3 is 15.1 Å². The van der Waals surface area contributed by atoms with Crippen LogP contribution in [0, 0.1) is 6.92 Å². The summed E-state index contributed by atoms with van der Waals surface area (Å²) in [6.45, 7) is 7.84. The van der Waals surface area contributed by atoms with Crippen LogP contribution in [0.25, 0.3) is 0 Å². The highest BCUT2D eigenvalue weighted by Gasteiger charge is 2.10. The molecular weight excluding hydrogens is 397 g/mol. The molecule has 122 valence electrons. The van der Waals surface area contributed by atoms with Gasteiger partial charge in [0.2, 0.25) is 0 Å². The third-order valence-corrected chi connectivity index (χ3v) is 3.61. The van der Waals surface area contributed by atoms with Gasteiger partial charge in [0, 0.05) is 13.1 Å². The summed E-state index contributed by atoms with van der Waals surface area (Å²) in [5.74, 6) is 3.95. The van der Waals surface area contributed by atoms with E-state index in [0.29, 0.717) is 0 Å². The largest absolute Gasteiger partial charge is 0.464 e. The minimum absolute atomic E-state index is 0. The zero-order chi connectivity index (χ0) is 14.8. The molecule has 21 heavy (non-hydrogen) atoms. The molecule has 2 N–H and O–H groups in total. The standard InChI is InChI=1S/C15H27N3OS.HI/c1-5-16-15(17-10-6-7-11-20-4)18-13(3)14-9-8-12(2)19-14;/h8-9,13H,5-7,10-11H2,1-4H3,(H2,16,17,18);1H. The Hall–Kier alpha value is -0.370. The first-order valence-electron chi connectivity index (χ1n) is 7.27. The van der Waals surface area contributed by atoms with E-state index in [1.54, 1.807) is 0 Å². The van der Waals surface area contributed by atoms with Gasteiger partial charge in [-0.15, -0.1) is 24.0 Å². The molecule has 0 saturated heterocycles. The molecule has 0 amide bonds. The average Bonchev–Trinajstić information content (AvgIpc) is 2.85. The van der Waals surface area contributed by atoms with Gasteiger partial charge in [0.15, 0.2) is 5.96 Å². The average molecular weight is 425 g/mol. The number of thioether (sulfide) groups is 1. The summed E-state index contributed by atoms with van der Waals surface area (Å²) in [5, 5.41) is 6.65. The van der Waals surface area contributed by atoms with Crippen LogP contribution in [0.15, 0.2) is 21.5 Å². The van der Waals surface area contributed by atoms with Gasteiger partial charge in [-0.05, 0) is 57.8 Å². The summed E-state index contributed by atoms with van der Waals surface area (Å²) in [6.07, 6.45) is 4.49. The Kier molecular flexibility index (Phi) is 12.0. The maximum Gasteiger partial charge on any atom is 0.191 e. The van der Waals surface area contributed by atoms with Crippen molar-refractivity contribution in [3.8, 4) is 0 Å². The first-order chi connectivity index (χ1) is 9.67. The monoisotopic (exact) mass is 425 g/mol. The van der Waals surface area contributed by atoms with E-state index >= 15 is 0 Å². The minimum Gasteiger partial charge on any atom is -0.464 e. The van der Waals surface area contributed by atoms with Gasteiger partial charge in [0.05, 0.1) is 6.04 Å². The van der Waals surface area contributed by atoms with Crippen molar-refractivity contribution in [1.82, 2.24) is 10.6 Å². The lowest BCUT2D eigenvalue weighted by atomic mass is 10.2. The van der Waals surface area contributed by atoms with Crippen LogP contribution < -0.4 is 10.6 Å². The molecule has 6 heteroatoms. The predicted molar refractivity (Wildman–Crippen MR) is 104 cm³/mol. The Morgan fingerprint density at radius 3 is 2.71 bits per heavy atom. The van der Waals surface area contributed by atoms with Crippen molar-refractivity contribution in [2.75, 3.05) is 25.1 Å². The highest BCUT2D eigenvalue weighted by molar-refractivity contribution is 14.0. The molecule has 0 fully saturated rings. The van der Waals surface area contributed by atoms with Crippen molar-refractivity contribution in [3.63, 3.8) is 0 Å². The molecular formula is C15H28IN3OS.